The van der Waals surface area contributed by atoms with E-state index in [0.717, 1.165) is 38.2 Å². The second-order valence-corrected chi connectivity index (χ2v) is 5.04. The fourth-order valence-corrected chi connectivity index (χ4v) is 1.90. The van der Waals surface area contributed by atoms with Crippen molar-refractivity contribution < 1.29 is 9.53 Å². The normalized spacial score (nSPS) is 10.3. The molecule has 0 atom stereocenters. The van der Waals surface area contributed by atoms with E-state index >= 15 is 0 Å². The fraction of sp³-hybridized carbons (Fsp3) is 0.588. The summed E-state index contributed by atoms with van der Waals surface area (Å²) in [7, 11) is 0. The van der Waals surface area contributed by atoms with Gasteiger partial charge in [-0.05, 0) is 37.1 Å². The van der Waals surface area contributed by atoms with Crippen LogP contribution in [0.25, 0.3) is 0 Å². The highest BCUT2D eigenvalue weighted by Gasteiger charge is 2.04. The highest BCUT2D eigenvalue weighted by atomic mass is 16.5. The van der Waals surface area contributed by atoms with Crippen LogP contribution in [0.3, 0.4) is 0 Å². The van der Waals surface area contributed by atoms with Crippen molar-refractivity contribution in [1.29, 1.82) is 0 Å². The third-order valence-electron chi connectivity index (χ3n) is 3.20. The maximum absolute atomic E-state index is 11.8. The average molecular weight is 277 g/mol. The Hall–Kier alpha value is -1.51. The maximum Gasteiger partial charge on any atom is 0.251 e. The van der Waals surface area contributed by atoms with Crippen molar-refractivity contribution in [2.45, 2.75) is 52.4 Å². The minimum absolute atomic E-state index is 0.00653. The third-order valence-corrected chi connectivity index (χ3v) is 3.20. The number of amides is 1. The van der Waals surface area contributed by atoms with E-state index in [2.05, 4.69) is 19.2 Å². The van der Waals surface area contributed by atoms with Gasteiger partial charge in [0.2, 0.25) is 0 Å². The van der Waals surface area contributed by atoms with E-state index < -0.39 is 0 Å². The van der Waals surface area contributed by atoms with Crippen molar-refractivity contribution in [2.24, 2.45) is 0 Å². The van der Waals surface area contributed by atoms with E-state index in [4.69, 9.17) is 4.74 Å². The Morgan fingerprint density at radius 3 is 2.35 bits per heavy atom. The molecule has 1 amide bonds. The standard InChI is InChI=1S/C17H27NO2/c1-3-5-7-8-14-20-16-11-9-15(10-12-16)17(19)18-13-6-4-2/h9-12H,3-8,13-14H2,1-2H3,(H,18,19). The summed E-state index contributed by atoms with van der Waals surface area (Å²) in [6.45, 7) is 5.80. The fourth-order valence-electron chi connectivity index (χ4n) is 1.90. The largest absolute Gasteiger partial charge is 0.494 e. The van der Waals surface area contributed by atoms with Crippen LogP contribution >= 0.6 is 0 Å². The van der Waals surface area contributed by atoms with Gasteiger partial charge in [0.05, 0.1) is 6.61 Å². The van der Waals surface area contributed by atoms with Gasteiger partial charge in [-0.1, -0.05) is 39.5 Å². The Labute approximate surface area is 122 Å². The van der Waals surface area contributed by atoms with E-state index in [9.17, 15) is 4.79 Å². The van der Waals surface area contributed by atoms with Crippen LogP contribution in [-0.4, -0.2) is 19.1 Å². The van der Waals surface area contributed by atoms with Crippen molar-refractivity contribution in [3.8, 4) is 5.75 Å². The van der Waals surface area contributed by atoms with E-state index in [1.807, 2.05) is 24.3 Å². The molecule has 3 nitrogen and oxygen atoms in total. The van der Waals surface area contributed by atoms with E-state index in [1.165, 1.54) is 19.3 Å². The van der Waals surface area contributed by atoms with Gasteiger partial charge in [-0.25, -0.2) is 0 Å². The molecule has 1 aromatic carbocycles. The number of nitrogens with one attached hydrogen (secondary N) is 1. The van der Waals surface area contributed by atoms with Crippen LogP contribution in [0.1, 0.15) is 62.7 Å². The Balaban J connectivity index is 2.30. The molecule has 0 aliphatic heterocycles. The number of rotatable bonds is 10. The van der Waals surface area contributed by atoms with Crippen molar-refractivity contribution in [1.82, 2.24) is 5.32 Å². The monoisotopic (exact) mass is 277 g/mol. The lowest BCUT2D eigenvalue weighted by molar-refractivity contribution is 0.0953. The quantitative estimate of drug-likeness (QED) is 0.652. The topological polar surface area (TPSA) is 38.3 Å². The minimum atomic E-state index is -0.00653. The third kappa shape index (κ3) is 6.60. The molecule has 0 aliphatic rings. The molecule has 1 aromatic rings. The van der Waals surface area contributed by atoms with Crippen LogP contribution in [0.15, 0.2) is 24.3 Å². The molecule has 0 heterocycles. The molecule has 20 heavy (non-hydrogen) atoms. The van der Waals surface area contributed by atoms with Gasteiger partial charge < -0.3 is 10.1 Å². The summed E-state index contributed by atoms with van der Waals surface area (Å²) in [4.78, 5) is 11.8. The van der Waals surface area contributed by atoms with Crippen molar-refractivity contribution in [3.05, 3.63) is 29.8 Å². The Bertz CT molecular complexity index is 373. The zero-order valence-corrected chi connectivity index (χ0v) is 12.8. The number of unbranched alkanes of at least 4 members (excludes halogenated alkanes) is 4. The lowest BCUT2D eigenvalue weighted by atomic mass is 10.2. The number of ether oxygens (including phenoxy) is 1. The summed E-state index contributed by atoms with van der Waals surface area (Å²) in [6, 6.07) is 7.38. The molecule has 0 bridgehead atoms. The molecule has 0 saturated heterocycles. The molecule has 1 N–H and O–H groups in total. The van der Waals surface area contributed by atoms with Gasteiger partial charge in [0, 0.05) is 12.1 Å². The van der Waals surface area contributed by atoms with Crippen molar-refractivity contribution >= 4 is 5.91 Å². The smallest absolute Gasteiger partial charge is 0.251 e. The second kappa shape index (κ2) is 10.3. The van der Waals surface area contributed by atoms with Gasteiger partial charge in [0.15, 0.2) is 0 Å². The predicted octanol–water partition coefficient (Wildman–Crippen LogP) is 4.18. The molecular weight excluding hydrogens is 250 g/mol. The van der Waals surface area contributed by atoms with Crippen LogP contribution in [0.4, 0.5) is 0 Å². The molecular formula is C17H27NO2. The zero-order chi connectivity index (χ0) is 14.6. The summed E-state index contributed by atoms with van der Waals surface area (Å²) in [6.07, 6.45) is 6.92. The first-order chi connectivity index (χ1) is 9.77. The minimum Gasteiger partial charge on any atom is -0.494 e. The summed E-state index contributed by atoms with van der Waals surface area (Å²) in [5.74, 6) is 0.833. The van der Waals surface area contributed by atoms with Crippen LogP contribution in [0.2, 0.25) is 0 Å². The van der Waals surface area contributed by atoms with Crippen LogP contribution in [0, 0.1) is 0 Å². The number of carbonyl (C=O) groups excluding carboxylic acids is 1. The Morgan fingerprint density at radius 2 is 1.70 bits per heavy atom. The molecule has 0 unspecified atom stereocenters. The van der Waals surface area contributed by atoms with Crippen molar-refractivity contribution in [2.75, 3.05) is 13.2 Å². The summed E-state index contributed by atoms with van der Waals surface area (Å²) >= 11 is 0. The van der Waals surface area contributed by atoms with E-state index in [1.54, 1.807) is 0 Å². The highest BCUT2D eigenvalue weighted by Crippen LogP contribution is 2.13. The van der Waals surface area contributed by atoms with Gasteiger partial charge in [0.1, 0.15) is 5.75 Å². The number of carbonyl (C=O) groups is 1. The molecule has 112 valence electrons. The zero-order valence-electron chi connectivity index (χ0n) is 12.8. The summed E-state index contributed by atoms with van der Waals surface area (Å²) in [5.41, 5.74) is 0.694. The van der Waals surface area contributed by atoms with Gasteiger partial charge in [-0.2, -0.15) is 0 Å². The number of hydrogen-bond donors (Lipinski definition) is 1. The summed E-state index contributed by atoms with van der Waals surface area (Å²) in [5, 5.41) is 2.91. The lowest BCUT2D eigenvalue weighted by Crippen LogP contribution is -2.24. The first kappa shape index (κ1) is 16.5. The van der Waals surface area contributed by atoms with Gasteiger partial charge in [-0.15, -0.1) is 0 Å². The molecule has 1 rings (SSSR count). The lowest BCUT2D eigenvalue weighted by Gasteiger charge is -2.07. The molecule has 0 aromatic heterocycles. The SMILES string of the molecule is CCCCCCOc1ccc(C(=O)NCCCC)cc1. The first-order valence-electron chi connectivity index (χ1n) is 7.79. The van der Waals surface area contributed by atoms with Crippen LogP contribution in [0.5, 0.6) is 5.75 Å². The van der Waals surface area contributed by atoms with E-state index in [-0.39, 0.29) is 5.91 Å². The highest BCUT2D eigenvalue weighted by molar-refractivity contribution is 5.94. The first-order valence-corrected chi connectivity index (χ1v) is 7.79. The predicted molar refractivity (Wildman–Crippen MR) is 83.3 cm³/mol. The molecule has 0 saturated carbocycles. The average Bonchev–Trinajstić information content (AvgIpc) is 2.48. The Morgan fingerprint density at radius 1 is 1.00 bits per heavy atom. The van der Waals surface area contributed by atoms with Crippen molar-refractivity contribution in [3.63, 3.8) is 0 Å². The van der Waals surface area contributed by atoms with Gasteiger partial charge >= 0.3 is 0 Å². The van der Waals surface area contributed by atoms with Crippen LogP contribution < -0.4 is 10.1 Å². The van der Waals surface area contributed by atoms with E-state index in [0.29, 0.717) is 5.56 Å². The summed E-state index contributed by atoms with van der Waals surface area (Å²) < 4.78 is 5.65. The number of hydrogen-bond acceptors (Lipinski definition) is 2. The van der Waals surface area contributed by atoms with Gasteiger partial charge in [-0.3, -0.25) is 4.79 Å². The molecule has 0 radical (unpaired) electrons. The maximum atomic E-state index is 11.8. The Kier molecular flexibility index (Phi) is 8.52. The number of benzene rings is 1. The van der Waals surface area contributed by atoms with Gasteiger partial charge in [0.25, 0.3) is 5.91 Å². The molecule has 0 fully saturated rings. The molecule has 0 aliphatic carbocycles. The molecule has 0 spiro atoms. The molecule has 3 heteroatoms. The second-order valence-electron chi connectivity index (χ2n) is 5.04. The van der Waals surface area contributed by atoms with Crippen LogP contribution in [-0.2, 0) is 0 Å².